The van der Waals surface area contributed by atoms with Crippen LogP contribution in [0.5, 0.6) is 0 Å². The predicted octanol–water partition coefficient (Wildman–Crippen LogP) is 3.07. The summed E-state index contributed by atoms with van der Waals surface area (Å²) in [4.78, 5) is 14.2. The molecular weight excluding hydrogens is 248 g/mol. The summed E-state index contributed by atoms with van der Waals surface area (Å²) >= 11 is 5.87. The van der Waals surface area contributed by atoms with Gasteiger partial charge in [0.15, 0.2) is 0 Å². The van der Waals surface area contributed by atoms with Crippen LogP contribution in [0.2, 0.25) is 5.02 Å². The topological polar surface area (TPSA) is 46.3 Å². The summed E-state index contributed by atoms with van der Waals surface area (Å²) in [6, 6.07) is 7.32. The Hall–Kier alpha value is -1.06. The van der Waals surface area contributed by atoms with E-state index in [0.29, 0.717) is 18.1 Å². The van der Waals surface area contributed by atoms with Crippen LogP contribution in [0, 0.1) is 5.41 Å². The number of hydrogen-bond acceptors (Lipinski definition) is 2. The van der Waals surface area contributed by atoms with E-state index in [-0.39, 0.29) is 5.91 Å². The highest BCUT2D eigenvalue weighted by Gasteiger charge is 2.27. The molecule has 0 aromatic heterocycles. The van der Waals surface area contributed by atoms with Gasteiger partial charge in [0, 0.05) is 22.7 Å². The second kappa shape index (κ2) is 6.21. The van der Waals surface area contributed by atoms with Crippen LogP contribution in [0.3, 0.4) is 0 Å². The first-order valence-electron chi connectivity index (χ1n) is 6.14. The zero-order valence-corrected chi connectivity index (χ0v) is 12.0. The maximum Gasteiger partial charge on any atom is 0.232 e. The molecule has 0 heterocycles. The van der Waals surface area contributed by atoms with Crippen molar-refractivity contribution in [3.8, 4) is 0 Å². The lowest BCUT2D eigenvalue weighted by molar-refractivity contribution is -0.125. The molecule has 3 nitrogen and oxygen atoms in total. The minimum absolute atomic E-state index is 0.0956. The first kappa shape index (κ1) is 15.0. The summed E-state index contributed by atoms with van der Waals surface area (Å²) in [6.45, 7) is 6.96. The second-order valence-corrected chi connectivity index (χ2v) is 5.76. The van der Waals surface area contributed by atoms with Crippen LogP contribution in [-0.2, 0) is 4.79 Å². The Labute approximate surface area is 114 Å². The van der Waals surface area contributed by atoms with Crippen molar-refractivity contribution in [1.82, 2.24) is 0 Å². The van der Waals surface area contributed by atoms with Gasteiger partial charge >= 0.3 is 0 Å². The van der Waals surface area contributed by atoms with E-state index in [1.165, 1.54) is 0 Å². The molecule has 100 valence electrons. The van der Waals surface area contributed by atoms with Gasteiger partial charge < -0.3 is 10.6 Å². The van der Waals surface area contributed by atoms with Gasteiger partial charge in [0.2, 0.25) is 5.91 Å². The van der Waals surface area contributed by atoms with Gasteiger partial charge in [-0.05, 0) is 37.2 Å². The van der Waals surface area contributed by atoms with E-state index >= 15 is 0 Å². The smallest absolute Gasteiger partial charge is 0.232 e. The highest BCUT2D eigenvalue weighted by atomic mass is 35.5. The third-order valence-electron chi connectivity index (χ3n) is 2.61. The molecule has 0 saturated heterocycles. The Morgan fingerprint density at radius 2 is 1.83 bits per heavy atom. The second-order valence-electron chi connectivity index (χ2n) is 5.33. The summed E-state index contributed by atoms with van der Waals surface area (Å²) in [6.07, 6.45) is 0.782. The van der Waals surface area contributed by atoms with E-state index in [0.717, 1.165) is 12.1 Å². The standard InChI is InChI=1S/C14H21ClN2O/c1-14(2,3)13(18)17(10-4-9-16)12-7-5-11(15)6-8-12/h5-8H,4,9-10,16H2,1-3H3. The molecule has 4 heteroatoms. The molecule has 0 fully saturated rings. The van der Waals surface area contributed by atoms with Crippen LogP contribution in [0.15, 0.2) is 24.3 Å². The molecule has 0 aliphatic rings. The number of carbonyl (C=O) groups is 1. The van der Waals surface area contributed by atoms with Crippen LogP contribution < -0.4 is 10.6 Å². The molecule has 0 bridgehead atoms. The number of hydrogen-bond donors (Lipinski definition) is 1. The molecule has 1 rings (SSSR count). The largest absolute Gasteiger partial charge is 0.330 e. The van der Waals surface area contributed by atoms with Crippen molar-refractivity contribution in [3.05, 3.63) is 29.3 Å². The van der Waals surface area contributed by atoms with Crippen LogP contribution in [0.25, 0.3) is 0 Å². The molecule has 1 aromatic rings. The molecule has 0 atom stereocenters. The quantitative estimate of drug-likeness (QED) is 0.912. The molecule has 0 saturated carbocycles. The fourth-order valence-electron chi connectivity index (χ4n) is 1.62. The van der Waals surface area contributed by atoms with Crippen molar-refractivity contribution in [2.45, 2.75) is 27.2 Å². The van der Waals surface area contributed by atoms with Gasteiger partial charge in [-0.1, -0.05) is 32.4 Å². The van der Waals surface area contributed by atoms with Gasteiger partial charge in [0.1, 0.15) is 0 Å². The fourth-order valence-corrected chi connectivity index (χ4v) is 1.75. The van der Waals surface area contributed by atoms with Gasteiger partial charge in [-0.15, -0.1) is 0 Å². The number of carbonyl (C=O) groups excluding carboxylic acids is 1. The van der Waals surface area contributed by atoms with Crippen LogP contribution in [-0.4, -0.2) is 19.0 Å². The van der Waals surface area contributed by atoms with E-state index in [1.54, 1.807) is 17.0 Å². The van der Waals surface area contributed by atoms with Crippen molar-refractivity contribution in [2.75, 3.05) is 18.0 Å². The van der Waals surface area contributed by atoms with Crippen molar-refractivity contribution in [1.29, 1.82) is 0 Å². The predicted molar refractivity (Wildman–Crippen MR) is 76.9 cm³/mol. The van der Waals surface area contributed by atoms with Gasteiger partial charge in [0.05, 0.1) is 0 Å². The summed E-state index contributed by atoms with van der Waals surface area (Å²) in [7, 11) is 0. The van der Waals surface area contributed by atoms with E-state index < -0.39 is 5.41 Å². The normalized spacial score (nSPS) is 11.4. The molecule has 0 aliphatic heterocycles. The molecule has 1 amide bonds. The maximum absolute atomic E-state index is 12.4. The van der Waals surface area contributed by atoms with Crippen molar-refractivity contribution >= 4 is 23.2 Å². The van der Waals surface area contributed by atoms with Crippen LogP contribution in [0.1, 0.15) is 27.2 Å². The van der Waals surface area contributed by atoms with E-state index in [2.05, 4.69) is 0 Å². The Balaban J connectivity index is 2.98. The van der Waals surface area contributed by atoms with Gasteiger partial charge in [-0.2, -0.15) is 0 Å². The van der Waals surface area contributed by atoms with Gasteiger partial charge in [-0.25, -0.2) is 0 Å². The van der Waals surface area contributed by atoms with Crippen LogP contribution >= 0.6 is 11.6 Å². The van der Waals surface area contributed by atoms with Crippen molar-refractivity contribution in [2.24, 2.45) is 11.1 Å². The number of nitrogens with zero attached hydrogens (tertiary/aromatic N) is 1. The number of benzene rings is 1. The Morgan fingerprint density at radius 1 is 1.28 bits per heavy atom. The first-order valence-corrected chi connectivity index (χ1v) is 6.51. The van der Waals surface area contributed by atoms with Gasteiger partial charge in [0.25, 0.3) is 0 Å². The molecule has 18 heavy (non-hydrogen) atoms. The number of rotatable bonds is 4. The molecule has 0 spiro atoms. The molecule has 1 aromatic carbocycles. The average Bonchev–Trinajstić information content (AvgIpc) is 2.30. The summed E-state index contributed by atoms with van der Waals surface area (Å²) in [5.41, 5.74) is 5.99. The highest BCUT2D eigenvalue weighted by Crippen LogP contribution is 2.24. The lowest BCUT2D eigenvalue weighted by Crippen LogP contribution is -2.40. The molecular formula is C14H21ClN2O. The average molecular weight is 269 g/mol. The zero-order chi connectivity index (χ0) is 13.8. The van der Waals surface area contributed by atoms with E-state index in [9.17, 15) is 4.79 Å². The van der Waals surface area contributed by atoms with E-state index in [1.807, 2.05) is 32.9 Å². The third-order valence-corrected chi connectivity index (χ3v) is 2.86. The minimum Gasteiger partial charge on any atom is -0.330 e. The lowest BCUT2D eigenvalue weighted by atomic mass is 9.94. The molecule has 0 radical (unpaired) electrons. The molecule has 0 unspecified atom stereocenters. The number of halogens is 1. The SMILES string of the molecule is CC(C)(C)C(=O)N(CCCN)c1ccc(Cl)cc1. The Bertz CT molecular complexity index is 395. The van der Waals surface area contributed by atoms with Gasteiger partial charge in [-0.3, -0.25) is 4.79 Å². The summed E-state index contributed by atoms with van der Waals surface area (Å²) in [5.74, 6) is 0.0956. The van der Waals surface area contributed by atoms with Crippen molar-refractivity contribution < 1.29 is 4.79 Å². The summed E-state index contributed by atoms with van der Waals surface area (Å²) in [5, 5.41) is 0.667. The maximum atomic E-state index is 12.4. The Morgan fingerprint density at radius 3 is 2.28 bits per heavy atom. The summed E-state index contributed by atoms with van der Waals surface area (Å²) < 4.78 is 0. The zero-order valence-electron chi connectivity index (χ0n) is 11.2. The fraction of sp³-hybridized carbons (Fsp3) is 0.500. The number of nitrogens with two attached hydrogens (primary N) is 1. The van der Waals surface area contributed by atoms with Crippen molar-refractivity contribution in [3.63, 3.8) is 0 Å². The Kier molecular flexibility index (Phi) is 5.17. The number of amides is 1. The minimum atomic E-state index is -0.408. The lowest BCUT2D eigenvalue weighted by Gasteiger charge is -2.29. The molecule has 0 aliphatic carbocycles. The van der Waals surface area contributed by atoms with E-state index in [4.69, 9.17) is 17.3 Å². The highest BCUT2D eigenvalue weighted by molar-refractivity contribution is 6.30. The first-order chi connectivity index (χ1) is 8.36. The van der Waals surface area contributed by atoms with Crippen LogP contribution in [0.4, 0.5) is 5.69 Å². The monoisotopic (exact) mass is 268 g/mol. The molecule has 2 N–H and O–H groups in total. The number of anilines is 1. The third kappa shape index (κ3) is 4.00.